The fourth-order valence-corrected chi connectivity index (χ4v) is 4.82. The number of thioether (sulfide) groups is 1. The smallest absolute Gasteiger partial charge is 0.103 e. The topological polar surface area (TPSA) is 12.9 Å². The van der Waals surface area contributed by atoms with Crippen LogP contribution < -0.4 is 0 Å². The van der Waals surface area contributed by atoms with E-state index in [4.69, 9.17) is 4.98 Å². The number of nitrogens with zero attached hydrogens (tertiary/aromatic N) is 1. The number of rotatable bonds is 8. The second-order valence-corrected chi connectivity index (χ2v) is 8.54. The summed E-state index contributed by atoms with van der Waals surface area (Å²) >= 11 is 5.63. The van der Waals surface area contributed by atoms with Crippen LogP contribution in [0.4, 0.5) is 0 Å². The van der Waals surface area contributed by atoms with Gasteiger partial charge in [0.1, 0.15) is 5.01 Å². The summed E-state index contributed by atoms with van der Waals surface area (Å²) in [5.41, 5.74) is 2.75. The molecular formula is C16H23NS3. The summed E-state index contributed by atoms with van der Waals surface area (Å²) in [6.07, 6.45) is 2.31. The van der Waals surface area contributed by atoms with Crippen LogP contribution in [0, 0.1) is 11.8 Å². The van der Waals surface area contributed by atoms with Gasteiger partial charge in [0.25, 0.3) is 0 Å². The average molecular weight is 326 g/mol. The first-order valence-corrected chi connectivity index (χ1v) is 10.1. The minimum atomic E-state index is 0.697. The number of thiazole rings is 1. The van der Waals surface area contributed by atoms with Crippen molar-refractivity contribution in [1.29, 1.82) is 0 Å². The largest absolute Gasteiger partial charge is 0.245 e. The van der Waals surface area contributed by atoms with Gasteiger partial charge in [-0.3, -0.25) is 0 Å². The molecule has 110 valence electrons. The summed E-state index contributed by atoms with van der Waals surface area (Å²) in [6.45, 7) is 6.84. The summed E-state index contributed by atoms with van der Waals surface area (Å²) in [5, 5.41) is 7.94. The van der Waals surface area contributed by atoms with Gasteiger partial charge in [-0.05, 0) is 52.8 Å². The molecule has 0 radical (unpaired) electrons. The molecule has 0 fully saturated rings. The van der Waals surface area contributed by atoms with Crippen LogP contribution in [0.3, 0.4) is 0 Å². The lowest BCUT2D eigenvalue weighted by Crippen LogP contribution is -2.02. The van der Waals surface area contributed by atoms with E-state index < -0.39 is 0 Å². The van der Waals surface area contributed by atoms with Crippen LogP contribution in [-0.2, 0) is 18.6 Å². The molecule has 0 aliphatic carbocycles. The highest BCUT2D eigenvalue weighted by Gasteiger charge is 2.07. The molecule has 2 aromatic heterocycles. The Hall–Kier alpha value is -0.320. The molecule has 0 aliphatic rings. The molecule has 0 N–H and O–H groups in total. The lowest BCUT2D eigenvalue weighted by atomic mass is 10.1. The molecule has 0 aromatic carbocycles. The third kappa shape index (κ3) is 5.58. The number of hydrogen-bond donors (Lipinski definition) is 0. The fraction of sp³-hybridized carbons (Fsp3) is 0.562. The standard InChI is InChI=1S/C16H23NS3/c1-12(2)6-15-10-20-16(17-15)11-19-8-13(3)7-14-4-5-18-9-14/h4-5,9-10,12-13H,6-8,11H2,1-3H3. The van der Waals surface area contributed by atoms with Gasteiger partial charge >= 0.3 is 0 Å². The van der Waals surface area contributed by atoms with Crippen LogP contribution in [-0.4, -0.2) is 10.7 Å². The fourth-order valence-electron chi connectivity index (χ4n) is 2.14. The SMILES string of the molecule is CC(C)Cc1csc(CSCC(C)Cc2ccsc2)n1. The van der Waals surface area contributed by atoms with E-state index in [0.717, 1.165) is 18.1 Å². The van der Waals surface area contributed by atoms with Gasteiger partial charge in [0.05, 0.1) is 5.69 Å². The van der Waals surface area contributed by atoms with Gasteiger partial charge in [-0.25, -0.2) is 4.98 Å². The molecule has 1 unspecified atom stereocenters. The van der Waals surface area contributed by atoms with Crippen molar-refractivity contribution in [1.82, 2.24) is 4.98 Å². The van der Waals surface area contributed by atoms with E-state index >= 15 is 0 Å². The number of hydrogen-bond acceptors (Lipinski definition) is 4. The van der Waals surface area contributed by atoms with Crippen molar-refractivity contribution in [2.24, 2.45) is 11.8 Å². The molecule has 0 saturated heterocycles. The third-order valence-corrected chi connectivity index (χ3v) is 6.10. The molecule has 4 heteroatoms. The number of thiophene rings is 1. The van der Waals surface area contributed by atoms with Crippen molar-refractivity contribution in [2.45, 2.75) is 39.4 Å². The van der Waals surface area contributed by atoms with Crippen molar-refractivity contribution in [3.05, 3.63) is 38.5 Å². The van der Waals surface area contributed by atoms with Crippen molar-refractivity contribution in [3.8, 4) is 0 Å². The van der Waals surface area contributed by atoms with Gasteiger partial charge in [0, 0.05) is 11.1 Å². The minimum Gasteiger partial charge on any atom is -0.245 e. The van der Waals surface area contributed by atoms with Crippen molar-refractivity contribution < 1.29 is 0 Å². The summed E-state index contributed by atoms with van der Waals surface area (Å²) < 4.78 is 0. The normalized spacial score (nSPS) is 13.0. The molecule has 0 aliphatic heterocycles. The maximum Gasteiger partial charge on any atom is 0.103 e. The highest BCUT2D eigenvalue weighted by molar-refractivity contribution is 7.98. The van der Waals surface area contributed by atoms with Crippen LogP contribution in [0.1, 0.15) is 37.0 Å². The molecule has 0 saturated carbocycles. The molecule has 1 nitrogen and oxygen atoms in total. The number of aromatic nitrogens is 1. The molecule has 20 heavy (non-hydrogen) atoms. The van der Waals surface area contributed by atoms with Gasteiger partial charge in [-0.2, -0.15) is 23.1 Å². The van der Waals surface area contributed by atoms with Crippen molar-refractivity contribution in [2.75, 3.05) is 5.75 Å². The Labute approximate surface area is 134 Å². The molecule has 0 amide bonds. The molecule has 0 spiro atoms. The monoisotopic (exact) mass is 325 g/mol. The molecule has 0 bridgehead atoms. The second kappa shape index (κ2) is 8.20. The van der Waals surface area contributed by atoms with E-state index in [0.29, 0.717) is 5.92 Å². The van der Waals surface area contributed by atoms with E-state index in [1.807, 2.05) is 23.1 Å². The second-order valence-electron chi connectivity index (χ2n) is 5.79. The van der Waals surface area contributed by atoms with Crippen LogP contribution in [0.2, 0.25) is 0 Å². The van der Waals surface area contributed by atoms with E-state index in [-0.39, 0.29) is 0 Å². The third-order valence-electron chi connectivity index (χ3n) is 3.01. The first-order valence-electron chi connectivity index (χ1n) is 7.15. The van der Waals surface area contributed by atoms with Crippen LogP contribution in [0.25, 0.3) is 0 Å². The lowest BCUT2D eigenvalue weighted by Gasteiger charge is -2.09. The van der Waals surface area contributed by atoms with Gasteiger partial charge in [0.15, 0.2) is 0 Å². The maximum absolute atomic E-state index is 4.72. The Morgan fingerprint density at radius 2 is 2.05 bits per heavy atom. The molecule has 2 aromatic rings. The van der Waals surface area contributed by atoms with Crippen molar-refractivity contribution in [3.63, 3.8) is 0 Å². The Balaban J connectivity index is 1.68. The zero-order valence-corrected chi connectivity index (χ0v) is 14.9. The molecular weight excluding hydrogens is 302 g/mol. The lowest BCUT2D eigenvalue weighted by molar-refractivity contribution is 0.637. The van der Waals surface area contributed by atoms with Crippen molar-refractivity contribution >= 4 is 34.4 Å². The first-order chi connectivity index (χ1) is 9.63. The zero-order valence-electron chi connectivity index (χ0n) is 12.5. The predicted molar refractivity (Wildman–Crippen MR) is 94.0 cm³/mol. The predicted octanol–water partition coefficient (Wildman–Crippen LogP) is 5.52. The Bertz CT molecular complexity index is 488. The van der Waals surface area contributed by atoms with Gasteiger partial charge < -0.3 is 0 Å². The highest BCUT2D eigenvalue weighted by atomic mass is 32.2. The molecule has 2 rings (SSSR count). The van der Waals surface area contributed by atoms with Crippen LogP contribution >= 0.6 is 34.4 Å². The van der Waals surface area contributed by atoms with Gasteiger partial charge in [0.2, 0.25) is 0 Å². The van der Waals surface area contributed by atoms with E-state index in [9.17, 15) is 0 Å². The molecule has 2 heterocycles. The summed E-state index contributed by atoms with van der Waals surface area (Å²) in [6, 6.07) is 2.24. The Kier molecular flexibility index (Phi) is 6.59. The average Bonchev–Trinajstić information content (AvgIpc) is 3.00. The molecule has 1 atom stereocenters. The van der Waals surface area contributed by atoms with E-state index in [1.165, 1.54) is 28.4 Å². The summed E-state index contributed by atoms with van der Waals surface area (Å²) in [4.78, 5) is 4.72. The Morgan fingerprint density at radius 3 is 2.75 bits per heavy atom. The Morgan fingerprint density at radius 1 is 1.20 bits per heavy atom. The highest BCUT2D eigenvalue weighted by Crippen LogP contribution is 2.22. The quantitative estimate of drug-likeness (QED) is 0.634. The van der Waals surface area contributed by atoms with Crippen LogP contribution in [0.15, 0.2) is 22.2 Å². The minimum absolute atomic E-state index is 0.697. The van der Waals surface area contributed by atoms with Gasteiger partial charge in [-0.1, -0.05) is 20.8 Å². The summed E-state index contributed by atoms with van der Waals surface area (Å²) in [5.74, 6) is 3.72. The zero-order chi connectivity index (χ0) is 14.4. The first kappa shape index (κ1) is 16.1. The summed E-state index contributed by atoms with van der Waals surface area (Å²) in [7, 11) is 0. The van der Waals surface area contributed by atoms with Gasteiger partial charge in [-0.15, -0.1) is 11.3 Å². The van der Waals surface area contributed by atoms with E-state index in [1.54, 1.807) is 11.3 Å². The van der Waals surface area contributed by atoms with Crippen LogP contribution in [0.5, 0.6) is 0 Å². The van der Waals surface area contributed by atoms with E-state index in [2.05, 4.69) is 43.0 Å². The maximum atomic E-state index is 4.72.